The molecule has 0 spiro atoms. The number of hydrazine groups is 1. The number of alkyl halides is 3. The Hall–Kier alpha value is -4.76. The number of methoxy groups -OCH3 is 1. The average Bonchev–Trinajstić information content (AvgIpc) is 3.39. The minimum atomic E-state index is -4.68. The van der Waals surface area contributed by atoms with Gasteiger partial charge in [-0.05, 0) is 63.5 Å². The minimum absolute atomic E-state index is 0.0116. The van der Waals surface area contributed by atoms with Gasteiger partial charge in [0, 0.05) is 40.8 Å². The van der Waals surface area contributed by atoms with E-state index in [0.717, 1.165) is 30.8 Å². The Kier molecular flexibility index (Phi) is 9.35. The van der Waals surface area contributed by atoms with Gasteiger partial charge in [-0.25, -0.2) is 18.8 Å². The highest BCUT2D eigenvalue weighted by molar-refractivity contribution is 6.14. The minimum Gasteiger partial charge on any atom is -0.493 e. The lowest BCUT2D eigenvalue weighted by Crippen LogP contribution is -2.59. The highest BCUT2D eigenvalue weighted by Crippen LogP contribution is 2.44. The number of hydrogen-bond acceptors (Lipinski definition) is 6. The monoisotopic (exact) mass is 625 g/mol. The number of halogens is 5. The summed E-state index contributed by atoms with van der Waals surface area (Å²) < 4.78 is 75.5. The summed E-state index contributed by atoms with van der Waals surface area (Å²) in [6.07, 6.45) is -2.18. The predicted octanol–water partition coefficient (Wildman–Crippen LogP) is 7.52. The van der Waals surface area contributed by atoms with Gasteiger partial charge in [0.2, 0.25) is 0 Å². The van der Waals surface area contributed by atoms with Crippen LogP contribution >= 0.6 is 0 Å². The first-order valence-electron chi connectivity index (χ1n) is 13.9. The Morgan fingerprint density at radius 2 is 1.98 bits per heavy atom. The molecule has 2 aliphatic rings. The molecule has 1 fully saturated rings. The van der Waals surface area contributed by atoms with Gasteiger partial charge in [0.05, 0.1) is 30.3 Å². The maximum atomic E-state index is 14.7. The van der Waals surface area contributed by atoms with E-state index in [9.17, 15) is 32.0 Å². The lowest BCUT2D eigenvalue weighted by molar-refractivity contribution is -0.156. The quantitative estimate of drug-likeness (QED) is 0.177. The first kappa shape index (κ1) is 33.1. The van der Waals surface area contributed by atoms with Crippen LogP contribution in [0, 0.1) is 23.0 Å². The number of allylic oxidation sites excluding steroid dienone is 2. The molecule has 12 heteroatoms. The maximum Gasteiger partial charge on any atom is 0.416 e. The second-order valence-corrected chi connectivity index (χ2v) is 10.9. The van der Waals surface area contributed by atoms with E-state index in [2.05, 4.69) is 23.5 Å². The van der Waals surface area contributed by atoms with Crippen LogP contribution in [0.1, 0.15) is 50.3 Å². The topological polar surface area (TPSA) is 81.0 Å². The van der Waals surface area contributed by atoms with Crippen LogP contribution < -0.4 is 5.32 Å². The van der Waals surface area contributed by atoms with Gasteiger partial charge in [-0.1, -0.05) is 25.3 Å². The van der Waals surface area contributed by atoms with Gasteiger partial charge >= 0.3 is 6.18 Å². The summed E-state index contributed by atoms with van der Waals surface area (Å²) >= 11 is 0. The van der Waals surface area contributed by atoms with Gasteiger partial charge < -0.3 is 10.1 Å². The number of amides is 1. The third kappa shape index (κ3) is 6.13. The number of hydrogen-bond donors (Lipinski definition) is 1. The normalized spacial score (nSPS) is 19.6. The zero-order valence-corrected chi connectivity index (χ0v) is 25.3. The van der Waals surface area contributed by atoms with Crippen molar-refractivity contribution in [2.24, 2.45) is 4.99 Å². The van der Waals surface area contributed by atoms with Gasteiger partial charge in [0.1, 0.15) is 6.07 Å². The van der Waals surface area contributed by atoms with Crippen molar-refractivity contribution in [1.82, 2.24) is 10.0 Å². The van der Waals surface area contributed by atoms with Crippen LogP contribution in [0.3, 0.4) is 0 Å². The summed E-state index contributed by atoms with van der Waals surface area (Å²) in [5.74, 6) is -2.70. The molecule has 2 heterocycles. The Morgan fingerprint density at radius 1 is 1.27 bits per heavy atom. The van der Waals surface area contributed by atoms with Crippen LogP contribution in [0.2, 0.25) is 0 Å². The molecule has 1 unspecified atom stereocenters. The summed E-state index contributed by atoms with van der Waals surface area (Å²) in [7, 11) is 1.26. The number of anilines is 1. The molecule has 2 aromatic rings. The highest BCUT2D eigenvalue weighted by Gasteiger charge is 2.49. The van der Waals surface area contributed by atoms with Crippen LogP contribution in [0.5, 0.6) is 0 Å². The van der Waals surface area contributed by atoms with Crippen molar-refractivity contribution in [3.05, 3.63) is 107 Å². The van der Waals surface area contributed by atoms with Gasteiger partial charge in [0.25, 0.3) is 5.91 Å². The third-order valence-corrected chi connectivity index (χ3v) is 8.30. The number of carbonyl (C=O) groups excluding carboxylic acids is 1. The molecule has 0 bridgehead atoms. The lowest BCUT2D eigenvalue weighted by atomic mass is 9.84. The van der Waals surface area contributed by atoms with Crippen molar-refractivity contribution in [2.45, 2.75) is 51.9 Å². The number of nitrogens with zero attached hydrogens (tertiary/aromatic N) is 4. The maximum absolute atomic E-state index is 14.7. The summed E-state index contributed by atoms with van der Waals surface area (Å²) in [4.78, 5) is 18.0. The third-order valence-electron chi connectivity index (χ3n) is 8.30. The molecule has 4 rings (SSSR count). The number of aliphatic imine (C=N–C) groups is 1. The fraction of sp³-hybridized carbons (Fsp3) is 0.303. The molecular weight excluding hydrogens is 593 g/mol. The van der Waals surface area contributed by atoms with E-state index in [0.29, 0.717) is 18.5 Å². The van der Waals surface area contributed by atoms with E-state index in [4.69, 9.17) is 4.74 Å². The van der Waals surface area contributed by atoms with Gasteiger partial charge in [-0.3, -0.25) is 9.80 Å². The molecule has 7 nitrogen and oxygen atoms in total. The Balaban J connectivity index is 1.82. The fourth-order valence-electron chi connectivity index (χ4n) is 5.87. The van der Waals surface area contributed by atoms with E-state index in [1.165, 1.54) is 37.2 Å². The van der Waals surface area contributed by atoms with Crippen molar-refractivity contribution in [1.29, 1.82) is 5.26 Å². The molecule has 0 saturated carbocycles. The first-order chi connectivity index (χ1) is 21.2. The molecular formula is C33H32F5N5O2. The summed E-state index contributed by atoms with van der Waals surface area (Å²) in [5.41, 5.74) is -0.604. The van der Waals surface area contributed by atoms with Gasteiger partial charge in [-0.15, -0.1) is 0 Å². The van der Waals surface area contributed by atoms with Crippen LogP contribution in [0.15, 0.2) is 83.4 Å². The molecule has 45 heavy (non-hydrogen) atoms. The second kappa shape index (κ2) is 12.7. The molecule has 0 aliphatic carbocycles. The van der Waals surface area contributed by atoms with E-state index in [1.54, 1.807) is 6.92 Å². The first-order valence-corrected chi connectivity index (χ1v) is 13.9. The van der Waals surface area contributed by atoms with Gasteiger partial charge in [-0.2, -0.15) is 18.4 Å². The van der Waals surface area contributed by atoms with E-state index >= 15 is 0 Å². The standard InChI is InChI=1S/C33H32F5N5O2/c1-7-40-27(17-39)30(45-6)19(2)24-16-23(33(36,37)38)12-13-26(24)41-21(4)28-20(3)32(5)14-9-15-43(32)42(31(28)44)18-22-10-8-11-25(34)29(22)35/h7-8,10-13,16,41H,1,4,9,14-15,18H2,2-3,5-6H3/b30-19-,40-27?. The summed E-state index contributed by atoms with van der Waals surface area (Å²) in [6.45, 7) is 13.0. The molecule has 2 aromatic carbocycles. The SMILES string of the molecule is C=CN=C(C#N)/C(OC)=C(\C)c1cc(C(F)(F)F)ccc1NC(=C)C1=C(C)C2(C)CCCN2N(Cc2cccc(F)c2F)C1=O. The van der Waals surface area contributed by atoms with Crippen LogP contribution in [0.4, 0.5) is 27.6 Å². The predicted molar refractivity (Wildman–Crippen MR) is 161 cm³/mol. The van der Waals surface area contributed by atoms with E-state index < -0.39 is 34.8 Å². The van der Waals surface area contributed by atoms with Crippen molar-refractivity contribution in [3.8, 4) is 6.07 Å². The van der Waals surface area contributed by atoms with E-state index in [1.807, 2.05) is 18.0 Å². The highest BCUT2D eigenvalue weighted by atomic mass is 19.4. The largest absolute Gasteiger partial charge is 0.493 e. The average molecular weight is 626 g/mol. The number of carbonyl (C=O) groups is 1. The second-order valence-electron chi connectivity index (χ2n) is 10.9. The zero-order valence-electron chi connectivity index (χ0n) is 25.3. The summed E-state index contributed by atoms with van der Waals surface area (Å²) in [5, 5.41) is 15.8. The Labute approximate surface area is 258 Å². The lowest BCUT2D eigenvalue weighted by Gasteiger charge is -2.48. The molecule has 1 amide bonds. The number of benzene rings is 2. The Morgan fingerprint density at radius 3 is 2.60 bits per heavy atom. The smallest absolute Gasteiger partial charge is 0.416 e. The number of nitriles is 1. The summed E-state index contributed by atoms with van der Waals surface area (Å²) in [6, 6.07) is 8.59. The number of fused-ring (bicyclic) bond motifs is 1. The number of rotatable bonds is 9. The molecule has 0 radical (unpaired) electrons. The molecule has 1 saturated heterocycles. The molecule has 0 aromatic heterocycles. The number of ether oxygens (including phenoxy) is 1. The van der Waals surface area contributed by atoms with Crippen molar-refractivity contribution < 1.29 is 31.5 Å². The Bertz CT molecular complexity index is 1700. The molecule has 1 N–H and O–H groups in total. The number of nitrogens with one attached hydrogen (secondary N) is 1. The van der Waals surface area contributed by atoms with Crippen LogP contribution in [-0.2, 0) is 22.3 Å². The molecule has 2 aliphatic heterocycles. The van der Waals surface area contributed by atoms with Crippen molar-refractivity contribution in [3.63, 3.8) is 0 Å². The zero-order chi connectivity index (χ0) is 33.3. The van der Waals surface area contributed by atoms with Crippen molar-refractivity contribution >= 4 is 22.9 Å². The van der Waals surface area contributed by atoms with E-state index in [-0.39, 0.29) is 51.7 Å². The molecule has 236 valence electrons. The van der Waals surface area contributed by atoms with Crippen LogP contribution in [0.25, 0.3) is 5.57 Å². The fourth-order valence-corrected chi connectivity index (χ4v) is 5.87. The van der Waals surface area contributed by atoms with Crippen molar-refractivity contribution in [2.75, 3.05) is 19.0 Å². The van der Waals surface area contributed by atoms with Gasteiger partial charge in [0.15, 0.2) is 23.1 Å². The van der Waals surface area contributed by atoms with Crippen LogP contribution in [-0.4, -0.2) is 40.8 Å². The molecule has 1 atom stereocenters.